The highest BCUT2D eigenvalue weighted by molar-refractivity contribution is 6.31. The van der Waals surface area contributed by atoms with E-state index in [2.05, 4.69) is 15.1 Å². The first-order valence-corrected chi connectivity index (χ1v) is 6.99. The molecule has 0 aliphatic rings. The van der Waals surface area contributed by atoms with Gasteiger partial charge in [-0.2, -0.15) is 0 Å². The number of pyridine rings is 1. The van der Waals surface area contributed by atoms with Crippen molar-refractivity contribution in [1.82, 2.24) is 19.7 Å². The minimum absolute atomic E-state index is 0.303. The van der Waals surface area contributed by atoms with Crippen LogP contribution in [-0.4, -0.2) is 19.7 Å². The highest BCUT2D eigenvalue weighted by Gasteiger charge is 2.16. The number of aryl methyl sites for hydroxylation is 2. The molecule has 0 fully saturated rings. The smallest absolute Gasteiger partial charge is 0.160 e. The maximum absolute atomic E-state index is 5.98. The Kier molecular flexibility index (Phi) is 3.40. The summed E-state index contributed by atoms with van der Waals surface area (Å²) in [5.41, 5.74) is 3.37. The van der Waals surface area contributed by atoms with E-state index >= 15 is 0 Å². The molecular weight excluding hydrogens is 299 g/mol. The molecule has 20 heavy (non-hydrogen) atoms. The molecule has 0 unspecified atom stereocenters. The minimum atomic E-state index is 0.303. The van der Waals surface area contributed by atoms with E-state index in [1.54, 1.807) is 12.3 Å². The minimum Gasteiger partial charge on any atom is -0.361 e. The van der Waals surface area contributed by atoms with Crippen LogP contribution >= 0.6 is 23.2 Å². The lowest BCUT2D eigenvalue weighted by Crippen LogP contribution is -2.06. The van der Waals surface area contributed by atoms with Crippen LogP contribution in [0.15, 0.2) is 16.8 Å². The first-order valence-electron chi connectivity index (χ1n) is 6.08. The van der Waals surface area contributed by atoms with E-state index < -0.39 is 0 Å². The Morgan fingerprint density at radius 3 is 2.80 bits per heavy atom. The number of rotatable bonds is 3. The zero-order valence-corrected chi connectivity index (χ0v) is 12.5. The molecule has 0 atom stereocenters. The van der Waals surface area contributed by atoms with E-state index in [1.807, 2.05) is 18.4 Å². The molecule has 0 saturated heterocycles. The van der Waals surface area contributed by atoms with Crippen LogP contribution in [0.2, 0.25) is 5.02 Å². The number of alkyl halides is 1. The first-order chi connectivity index (χ1) is 9.60. The summed E-state index contributed by atoms with van der Waals surface area (Å²) in [6.45, 7) is 4.38. The molecule has 0 aliphatic heterocycles. The largest absolute Gasteiger partial charge is 0.361 e. The quantitative estimate of drug-likeness (QED) is 0.695. The maximum atomic E-state index is 5.98. The number of fused-ring (bicyclic) bond motifs is 1. The van der Waals surface area contributed by atoms with Gasteiger partial charge in [0.15, 0.2) is 5.65 Å². The van der Waals surface area contributed by atoms with E-state index in [0.29, 0.717) is 17.4 Å². The Morgan fingerprint density at radius 2 is 2.15 bits per heavy atom. The Hall–Kier alpha value is -1.59. The number of imidazole rings is 1. The van der Waals surface area contributed by atoms with Gasteiger partial charge >= 0.3 is 0 Å². The average Bonchev–Trinajstić information content (AvgIpc) is 2.93. The molecule has 3 rings (SSSR count). The third-order valence-corrected chi connectivity index (χ3v) is 3.69. The van der Waals surface area contributed by atoms with Crippen LogP contribution in [0.5, 0.6) is 0 Å². The van der Waals surface area contributed by atoms with Crippen molar-refractivity contribution in [3.63, 3.8) is 0 Å². The third-order valence-electron chi connectivity index (χ3n) is 3.25. The van der Waals surface area contributed by atoms with Gasteiger partial charge in [-0.05, 0) is 19.9 Å². The highest BCUT2D eigenvalue weighted by atomic mass is 35.5. The summed E-state index contributed by atoms with van der Waals surface area (Å²) < 4.78 is 7.15. The molecule has 0 amide bonds. The van der Waals surface area contributed by atoms with Crippen molar-refractivity contribution in [3.05, 3.63) is 40.1 Å². The standard InChI is InChI=1S/C13H12Cl2N4O/c1-7-10(8(2)20-18-7)6-19-12(4-14)17-11-3-9(15)5-16-13(11)19/h3,5H,4,6H2,1-2H3. The Morgan fingerprint density at radius 1 is 1.35 bits per heavy atom. The number of nitrogens with zero attached hydrogens (tertiary/aromatic N) is 4. The van der Waals surface area contributed by atoms with Crippen LogP contribution in [0, 0.1) is 13.8 Å². The van der Waals surface area contributed by atoms with Crippen molar-refractivity contribution < 1.29 is 4.52 Å². The Balaban J connectivity index is 2.15. The molecule has 0 spiro atoms. The van der Waals surface area contributed by atoms with Crippen molar-refractivity contribution in [2.75, 3.05) is 0 Å². The molecule has 3 aromatic heterocycles. The van der Waals surface area contributed by atoms with E-state index in [-0.39, 0.29) is 0 Å². The van der Waals surface area contributed by atoms with Crippen molar-refractivity contribution in [2.45, 2.75) is 26.3 Å². The van der Waals surface area contributed by atoms with Crippen molar-refractivity contribution in [2.24, 2.45) is 0 Å². The molecule has 3 heterocycles. The fraction of sp³-hybridized carbons (Fsp3) is 0.308. The molecule has 0 radical (unpaired) electrons. The lowest BCUT2D eigenvalue weighted by Gasteiger charge is -2.06. The Bertz CT molecular complexity index is 759. The van der Waals surface area contributed by atoms with E-state index in [9.17, 15) is 0 Å². The molecule has 3 aromatic rings. The summed E-state index contributed by atoms with van der Waals surface area (Å²) in [7, 11) is 0. The van der Waals surface area contributed by atoms with Crippen LogP contribution < -0.4 is 0 Å². The van der Waals surface area contributed by atoms with E-state index in [1.165, 1.54) is 0 Å². The van der Waals surface area contributed by atoms with Gasteiger partial charge in [-0.3, -0.25) is 0 Å². The molecule has 0 bridgehead atoms. The topological polar surface area (TPSA) is 56.7 Å². The van der Waals surface area contributed by atoms with Gasteiger partial charge in [-0.25, -0.2) is 9.97 Å². The Labute approximate surface area is 125 Å². The SMILES string of the molecule is Cc1noc(C)c1Cn1c(CCl)nc2cc(Cl)cnc21. The van der Waals surface area contributed by atoms with Crippen molar-refractivity contribution >= 4 is 34.4 Å². The van der Waals surface area contributed by atoms with Crippen LogP contribution in [0.4, 0.5) is 0 Å². The summed E-state index contributed by atoms with van der Waals surface area (Å²) in [6.07, 6.45) is 1.60. The fourth-order valence-electron chi connectivity index (χ4n) is 2.19. The van der Waals surface area contributed by atoms with Gasteiger partial charge in [0, 0.05) is 11.8 Å². The predicted octanol–water partition coefficient (Wildman–Crippen LogP) is 3.48. The van der Waals surface area contributed by atoms with Gasteiger partial charge in [0.25, 0.3) is 0 Å². The number of halogens is 2. The van der Waals surface area contributed by atoms with Crippen LogP contribution in [0.25, 0.3) is 11.2 Å². The van der Waals surface area contributed by atoms with Gasteiger partial charge in [-0.15, -0.1) is 11.6 Å². The zero-order chi connectivity index (χ0) is 14.3. The highest BCUT2D eigenvalue weighted by Crippen LogP contribution is 2.22. The maximum Gasteiger partial charge on any atom is 0.160 e. The molecule has 104 valence electrons. The van der Waals surface area contributed by atoms with Crippen LogP contribution in [0.3, 0.4) is 0 Å². The van der Waals surface area contributed by atoms with Gasteiger partial charge in [0.05, 0.1) is 23.1 Å². The second kappa shape index (κ2) is 5.07. The van der Waals surface area contributed by atoms with Crippen LogP contribution in [-0.2, 0) is 12.4 Å². The van der Waals surface area contributed by atoms with Gasteiger partial charge in [-0.1, -0.05) is 16.8 Å². The molecule has 0 aliphatic carbocycles. The molecule has 7 heteroatoms. The zero-order valence-electron chi connectivity index (χ0n) is 11.0. The van der Waals surface area contributed by atoms with Crippen molar-refractivity contribution in [3.8, 4) is 0 Å². The second-order valence-electron chi connectivity index (χ2n) is 4.55. The van der Waals surface area contributed by atoms with E-state index in [4.69, 9.17) is 27.7 Å². The van der Waals surface area contributed by atoms with Gasteiger partial charge < -0.3 is 9.09 Å². The third kappa shape index (κ3) is 2.17. The van der Waals surface area contributed by atoms with Crippen molar-refractivity contribution in [1.29, 1.82) is 0 Å². The predicted molar refractivity (Wildman–Crippen MR) is 77.2 cm³/mol. The first kappa shape index (κ1) is 13.4. The molecule has 5 nitrogen and oxygen atoms in total. The number of hydrogen-bond donors (Lipinski definition) is 0. The lowest BCUT2D eigenvalue weighted by molar-refractivity contribution is 0.392. The number of hydrogen-bond acceptors (Lipinski definition) is 4. The summed E-state index contributed by atoms with van der Waals surface area (Å²) >= 11 is 11.9. The molecule has 0 N–H and O–H groups in total. The molecule has 0 aromatic carbocycles. The van der Waals surface area contributed by atoms with Gasteiger partial charge in [0.1, 0.15) is 17.1 Å². The van der Waals surface area contributed by atoms with Gasteiger partial charge in [0.2, 0.25) is 0 Å². The summed E-state index contributed by atoms with van der Waals surface area (Å²) in [4.78, 5) is 8.81. The average molecular weight is 311 g/mol. The van der Waals surface area contributed by atoms with Crippen LogP contribution in [0.1, 0.15) is 22.8 Å². The summed E-state index contributed by atoms with van der Waals surface area (Å²) in [5.74, 6) is 1.84. The molecule has 0 saturated carbocycles. The second-order valence-corrected chi connectivity index (χ2v) is 5.25. The molecular formula is C13H12Cl2N4O. The lowest BCUT2D eigenvalue weighted by atomic mass is 10.2. The monoisotopic (exact) mass is 310 g/mol. The summed E-state index contributed by atoms with van der Waals surface area (Å²) in [5, 5.41) is 4.52. The summed E-state index contributed by atoms with van der Waals surface area (Å²) in [6, 6.07) is 1.78. The normalized spacial score (nSPS) is 11.4. The number of aromatic nitrogens is 4. The fourth-order valence-corrected chi connectivity index (χ4v) is 2.54. The van der Waals surface area contributed by atoms with E-state index in [0.717, 1.165) is 34.0 Å².